The summed E-state index contributed by atoms with van der Waals surface area (Å²) in [4.78, 5) is 24.8. The van der Waals surface area contributed by atoms with Gasteiger partial charge in [0.25, 0.3) is 0 Å². The number of amides is 1. The SMILES string of the molecule is CCOC(=O)c1cc2oc(C)cc2n1CC(=O)NCc1ccc2c(c1)OCO2. The number of esters is 1. The minimum absolute atomic E-state index is 0.0266. The zero-order chi connectivity index (χ0) is 19.7. The molecule has 1 aliphatic rings. The molecular formula is C20H20N2O6. The van der Waals surface area contributed by atoms with E-state index in [1.54, 1.807) is 23.6 Å². The molecule has 8 nitrogen and oxygen atoms in total. The number of nitrogens with one attached hydrogen (secondary N) is 1. The lowest BCUT2D eigenvalue weighted by Crippen LogP contribution is -2.28. The standard InChI is InChI=1S/C20H20N2O6/c1-3-25-20(24)15-8-17-14(6-12(2)28-17)22(15)10-19(23)21-9-13-4-5-16-18(7-13)27-11-26-16/h4-8H,3,9-11H2,1-2H3,(H,21,23). The molecular weight excluding hydrogens is 364 g/mol. The summed E-state index contributed by atoms with van der Waals surface area (Å²) in [5.41, 5.74) is 2.40. The van der Waals surface area contributed by atoms with Crippen molar-refractivity contribution in [2.24, 2.45) is 0 Å². The Balaban J connectivity index is 1.49. The molecule has 28 heavy (non-hydrogen) atoms. The van der Waals surface area contributed by atoms with Gasteiger partial charge in [0, 0.05) is 18.7 Å². The Morgan fingerprint density at radius 2 is 2.00 bits per heavy atom. The molecule has 4 rings (SSSR count). The fourth-order valence-corrected chi connectivity index (χ4v) is 3.16. The molecule has 0 radical (unpaired) electrons. The number of carbonyl (C=O) groups excluding carboxylic acids is 2. The van der Waals surface area contributed by atoms with Gasteiger partial charge in [-0.2, -0.15) is 0 Å². The van der Waals surface area contributed by atoms with Crippen LogP contribution in [0.5, 0.6) is 11.5 Å². The van der Waals surface area contributed by atoms with Crippen molar-refractivity contribution in [1.29, 1.82) is 0 Å². The molecule has 1 aliphatic heterocycles. The van der Waals surface area contributed by atoms with E-state index in [-0.39, 0.29) is 31.5 Å². The predicted molar refractivity (Wildman–Crippen MR) is 99.3 cm³/mol. The zero-order valence-electron chi connectivity index (χ0n) is 15.6. The quantitative estimate of drug-likeness (QED) is 0.657. The maximum atomic E-state index is 12.5. The van der Waals surface area contributed by atoms with E-state index in [4.69, 9.17) is 18.6 Å². The Morgan fingerprint density at radius 3 is 2.82 bits per heavy atom. The van der Waals surface area contributed by atoms with Gasteiger partial charge in [0.2, 0.25) is 12.7 Å². The Bertz CT molecular complexity index is 1050. The van der Waals surface area contributed by atoms with Crippen molar-refractivity contribution in [2.75, 3.05) is 13.4 Å². The number of aromatic nitrogens is 1. The summed E-state index contributed by atoms with van der Waals surface area (Å²) in [5, 5.41) is 2.86. The van der Waals surface area contributed by atoms with Crippen molar-refractivity contribution in [3.63, 3.8) is 0 Å². The molecule has 0 atom stereocenters. The fraction of sp³-hybridized carbons (Fsp3) is 0.300. The fourth-order valence-electron chi connectivity index (χ4n) is 3.16. The molecule has 0 spiro atoms. The van der Waals surface area contributed by atoms with Crippen LogP contribution in [-0.4, -0.2) is 29.8 Å². The monoisotopic (exact) mass is 384 g/mol. The maximum Gasteiger partial charge on any atom is 0.355 e. The minimum atomic E-state index is -0.491. The molecule has 8 heteroatoms. The number of hydrogen-bond donors (Lipinski definition) is 1. The number of hydrogen-bond acceptors (Lipinski definition) is 6. The van der Waals surface area contributed by atoms with Crippen LogP contribution >= 0.6 is 0 Å². The van der Waals surface area contributed by atoms with Crippen LogP contribution < -0.4 is 14.8 Å². The van der Waals surface area contributed by atoms with Gasteiger partial charge >= 0.3 is 5.97 Å². The van der Waals surface area contributed by atoms with Crippen LogP contribution in [0.3, 0.4) is 0 Å². The second kappa shape index (κ2) is 7.30. The summed E-state index contributed by atoms with van der Waals surface area (Å²) in [6, 6.07) is 8.91. The molecule has 3 aromatic rings. The lowest BCUT2D eigenvalue weighted by atomic mass is 10.2. The molecule has 1 N–H and O–H groups in total. The molecule has 0 bridgehead atoms. The van der Waals surface area contributed by atoms with Crippen LogP contribution in [0.4, 0.5) is 0 Å². The summed E-state index contributed by atoms with van der Waals surface area (Å²) in [6.45, 7) is 4.31. The number of fused-ring (bicyclic) bond motifs is 2. The van der Waals surface area contributed by atoms with Crippen LogP contribution in [0, 0.1) is 6.92 Å². The van der Waals surface area contributed by atoms with E-state index in [0.717, 1.165) is 5.56 Å². The topological polar surface area (TPSA) is 91.9 Å². The Kier molecular flexibility index (Phi) is 4.68. The van der Waals surface area contributed by atoms with Crippen molar-refractivity contribution in [3.8, 4) is 11.5 Å². The van der Waals surface area contributed by atoms with E-state index < -0.39 is 5.97 Å². The van der Waals surface area contributed by atoms with E-state index in [1.165, 1.54) is 0 Å². The number of carbonyl (C=O) groups is 2. The summed E-state index contributed by atoms with van der Waals surface area (Å²) < 4.78 is 22.9. The number of rotatable bonds is 6. The highest BCUT2D eigenvalue weighted by molar-refractivity contribution is 5.95. The van der Waals surface area contributed by atoms with E-state index in [0.29, 0.717) is 34.9 Å². The summed E-state index contributed by atoms with van der Waals surface area (Å²) in [6.07, 6.45) is 0. The smallest absolute Gasteiger partial charge is 0.355 e. The van der Waals surface area contributed by atoms with Crippen molar-refractivity contribution in [2.45, 2.75) is 26.9 Å². The third kappa shape index (κ3) is 3.40. The van der Waals surface area contributed by atoms with Gasteiger partial charge in [0.1, 0.15) is 18.0 Å². The molecule has 0 fully saturated rings. The molecule has 2 aromatic heterocycles. The highest BCUT2D eigenvalue weighted by atomic mass is 16.7. The van der Waals surface area contributed by atoms with E-state index in [2.05, 4.69) is 5.32 Å². The molecule has 146 valence electrons. The first-order valence-corrected chi connectivity index (χ1v) is 8.97. The van der Waals surface area contributed by atoms with Crippen LogP contribution in [-0.2, 0) is 22.6 Å². The van der Waals surface area contributed by atoms with Gasteiger partial charge in [-0.3, -0.25) is 4.79 Å². The Labute approximate surface area is 161 Å². The van der Waals surface area contributed by atoms with E-state index in [1.807, 2.05) is 25.1 Å². The normalized spacial score (nSPS) is 12.4. The highest BCUT2D eigenvalue weighted by Crippen LogP contribution is 2.32. The number of aryl methyl sites for hydroxylation is 1. The summed E-state index contributed by atoms with van der Waals surface area (Å²) in [5.74, 6) is 1.33. The van der Waals surface area contributed by atoms with Gasteiger partial charge in [-0.25, -0.2) is 4.79 Å². The second-order valence-electron chi connectivity index (χ2n) is 6.41. The number of nitrogens with zero attached hydrogens (tertiary/aromatic N) is 1. The molecule has 0 unspecified atom stereocenters. The average molecular weight is 384 g/mol. The highest BCUT2D eigenvalue weighted by Gasteiger charge is 2.21. The van der Waals surface area contributed by atoms with E-state index in [9.17, 15) is 9.59 Å². The summed E-state index contributed by atoms with van der Waals surface area (Å²) >= 11 is 0. The van der Waals surface area contributed by atoms with Gasteiger partial charge < -0.3 is 28.5 Å². The number of furan rings is 1. The first kappa shape index (κ1) is 18.0. The second-order valence-corrected chi connectivity index (χ2v) is 6.41. The van der Waals surface area contributed by atoms with Crippen molar-refractivity contribution >= 4 is 23.0 Å². The van der Waals surface area contributed by atoms with Crippen LogP contribution in [0.2, 0.25) is 0 Å². The van der Waals surface area contributed by atoms with Gasteiger partial charge in [0.05, 0.1) is 12.1 Å². The van der Waals surface area contributed by atoms with Crippen molar-refractivity contribution in [3.05, 3.63) is 47.3 Å². The molecule has 0 saturated carbocycles. The largest absolute Gasteiger partial charge is 0.461 e. The van der Waals surface area contributed by atoms with Crippen LogP contribution in [0.15, 0.2) is 34.7 Å². The lowest BCUT2D eigenvalue weighted by Gasteiger charge is -2.10. The number of benzene rings is 1. The van der Waals surface area contributed by atoms with Gasteiger partial charge in [-0.1, -0.05) is 6.07 Å². The first-order valence-electron chi connectivity index (χ1n) is 8.97. The molecule has 0 aliphatic carbocycles. The Hall–Kier alpha value is -3.42. The van der Waals surface area contributed by atoms with Gasteiger partial charge in [-0.05, 0) is 31.5 Å². The maximum absolute atomic E-state index is 12.5. The summed E-state index contributed by atoms with van der Waals surface area (Å²) in [7, 11) is 0. The van der Waals surface area contributed by atoms with Crippen LogP contribution in [0.25, 0.3) is 11.1 Å². The van der Waals surface area contributed by atoms with Crippen molar-refractivity contribution in [1.82, 2.24) is 9.88 Å². The zero-order valence-corrected chi connectivity index (χ0v) is 15.6. The number of ether oxygens (including phenoxy) is 3. The molecule has 1 amide bonds. The van der Waals surface area contributed by atoms with Gasteiger partial charge in [0.15, 0.2) is 17.1 Å². The van der Waals surface area contributed by atoms with Gasteiger partial charge in [-0.15, -0.1) is 0 Å². The third-order valence-electron chi connectivity index (χ3n) is 4.43. The third-order valence-corrected chi connectivity index (χ3v) is 4.43. The molecule has 3 heterocycles. The predicted octanol–water partition coefficient (Wildman–Crippen LogP) is 2.76. The van der Waals surface area contributed by atoms with Crippen LogP contribution in [0.1, 0.15) is 28.7 Å². The van der Waals surface area contributed by atoms with Crippen molar-refractivity contribution < 1.29 is 28.2 Å². The van der Waals surface area contributed by atoms with E-state index >= 15 is 0 Å². The molecule has 1 aromatic carbocycles. The lowest BCUT2D eigenvalue weighted by molar-refractivity contribution is -0.121. The molecule has 0 saturated heterocycles. The Morgan fingerprint density at radius 1 is 1.18 bits per heavy atom. The average Bonchev–Trinajstić information content (AvgIpc) is 3.35. The minimum Gasteiger partial charge on any atom is -0.461 e. The first-order chi connectivity index (χ1) is 13.5.